The zero-order chi connectivity index (χ0) is 11.4. The standard InChI is InChI=1S/C10H13BrN2O2/c1-13(2)12-6-7-4-5-8(15-3)10(14)9(7)11/h4-6,14H,1-3H3/b12-6+. The van der Waals surface area contributed by atoms with Crippen molar-refractivity contribution in [1.29, 1.82) is 0 Å². The molecular weight excluding hydrogens is 260 g/mol. The van der Waals surface area contributed by atoms with E-state index in [2.05, 4.69) is 21.0 Å². The Morgan fingerprint density at radius 1 is 1.47 bits per heavy atom. The second kappa shape index (κ2) is 5.02. The number of phenolic OH excluding ortho intramolecular Hbond substituents is 1. The van der Waals surface area contributed by atoms with Gasteiger partial charge in [0.1, 0.15) is 0 Å². The van der Waals surface area contributed by atoms with Crippen LogP contribution in [-0.2, 0) is 0 Å². The first-order valence-electron chi connectivity index (χ1n) is 4.33. The first kappa shape index (κ1) is 11.8. The van der Waals surface area contributed by atoms with Crippen molar-refractivity contribution in [3.05, 3.63) is 22.2 Å². The number of rotatable bonds is 3. The molecule has 0 aromatic heterocycles. The zero-order valence-corrected chi connectivity index (χ0v) is 10.4. The largest absolute Gasteiger partial charge is 0.503 e. The maximum Gasteiger partial charge on any atom is 0.172 e. The molecule has 15 heavy (non-hydrogen) atoms. The molecule has 5 heteroatoms. The highest BCUT2D eigenvalue weighted by molar-refractivity contribution is 9.10. The van der Waals surface area contributed by atoms with Gasteiger partial charge in [0.05, 0.1) is 17.8 Å². The molecule has 0 atom stereocenters. The molecular formula is C10H13BrN2O2. The minimum atomic E-state index is 0.0835. The monoisotopic (exact) mass is 272 g/mol. The van der Waals surface area contributed by atoms with E-state index in [0.717, 1.165) is 5.56 Å². The fourth-order valence-corrected chi connectivity index (χ4v) is 1.43. The molecule has 1 aromatic rings. The van der Waals surface area contributed by atoms with Crippen LogP contribution in [0.5, 0.6) is 11.5 Å². The van der Waals surface area contributed by atoms with E-state index in [9.17, 15) is 5.11 Å². The number of hydrogen-bond donors (Lipinski definition) is 1. The number of halogens is 1. The van der Waals surface area contributed by atoms with Crippen LogP contribution in [0.4, 0.5) is 0 Å². The first-order valence-corrected chi connectivity index (χ1v) is 5.12. The maximum atomic E-state index is 9.70. The summed E-state index contributed by atoms with van der Waals surface area (Å²) >= 11 is 3.28. The van der Waals surface area contributed by atoms with E-state index in [1.165, 1.54) is 7.11 Å². The van der Waals surface area contributed by atoms with E-state index in [1.54, 1.807) is 17.3 Å². The highest BCUT2D eigenvalue weighted by Gasteiger charge is 2.09. The van der Waals surface area contributed by atoms with E-state index in [4.69, 9.17) is 4.74 Å². The van der Waals surface area contributed by atoms with Crippen LogP contribution in [0.3, 0.4) is 0 Å². The lowest BCUT2D eigenvalue weighted by molar-refractivity contribution is 0.372. The van der Waals surface area contributed by atoms with Crippen molar-refractivity contribution in [3.63, 3.8) is 0 Å². The van der Waals surface area contributed by atoms with Crippen molar-refractivity contribution >= 4 is 22.1 Å². The summed E-state index contributed by atoms with van der Waals surface area (Å²) in [7, 11) is 5.16. The number of hydrazone groups is 1. The quantitative estimate of drug-likeness (QED) is 0.677. The summed E-state index contributed by atoms with van der Waals surface area (Å²) in [5.74, 6) is 0.518. The Bertz CT molecular complexity index is 378. The molecule has 0 saturated heterocycles. The Kier molecular flexibility index (Phi) is 3.96. The summed E-state index contributed by atoms with van der Waals surface area (Å²) in [6, 6.07) is 3.51. The van der Waals surface area contributed by atoms with E-state index >= 15 is 0 Å². The molecule has 1 aromatic carbocycles. The Balaban J connectivity index is 3.07. The Hall–Kier alpha value is -1.23. The molecule has 0 aliphatic rings. The van der Waals surface area contributed by atoms with Gasteiger partial charge in [-0.15, -0.1) is 0 Å². The van der Waals surface area contributed by atoms with Crippen molar-refractivity contribution in [3.8, 4) is 11.5 Å². The van der Waals surface area contributed by atoms with Gasteiger partial charge in [-0.25, -0.2) is 0 Å². The van der Waals surface area contributed by atoms with Gasteiger partial charge in [-0.1, -0.05) is 0 Å². The molecule has 0 aliphatic heterocycles. The minimum Gasteiger partial charge on any atom is -0.503 e. The van der Waals surface area contributed by atoms with Crippen LogP contribution in [0.25, 0.3) is 0 Å². The van der Waals surface area contributed by atoms with Crippen molar-refractivity contribution in [2.75, 3.05) is 21.2 Å². The molecule has 0 saturated carbocycles. The molecule has 0 aliphatic carbocycles. The molecule has 0 heterocycles. The molecule has 0 amide bonds. The number of nitrogens with zero attached hydrogens (tertiary/aromatic N) is 2. The highest BCUT2D eigenvalue weighted by atomic mass is 79.9. The predicted molar refractivity (Wildman–Crippen MR) is 63.6 cm³/mol. The van der Waals surface area contributed by atoms with E-state index in [0.29, 0.717) is 10.2 Å². The second-order valence-electron chi connectivity index (χ2n) is 3.11. The van der Waals surface area contributed by atoms with E-state index in [1.807, 2.05) is 20.2 Å². The molecule has 82 valence electrons. The average Bonchev–Trinajstić information content (AvgIpc) is 2.20. The van der Waals surface area contributed by atoms with Gasteiger partial charge in [0.15, 0.2) is 11.5 Å². The number of ether oxygens (including phenoxy) is 1. The van der Waals surface area contributed by atoms with E-state index in [-0.39, 0.29) is 5.75 Å². The molecule has 0 fully saturated rings. The van der Waals surface area contributed by atoms with Gasteiger partial charge < -0.3 is 14.9 Å². The van der Waals surface area contributed by atoms with Crippen LogP contribution in [0.15, 0.2) is 21.7 Å². The third kappa shape index (κ3) is 2.86. The predicted octanol–water partition coefficient (Wildman–Crippen LogP) is 2.06. The molecule has 0 bridgehead atoms. The van der Waals surface area contributed by atoms with Gasteiger partial charge >= 0.3 is 0 Å². The summed E-state index contributed by atoms with van der Waals surface area (Å²) in [5.41, 5.74) is 0.794. The Morgan fingerprint density at radius 2 is 2.13 bits per heavy atom. The van der Waals surface area contributed by atoms with Crippen LogP contribution in [0, 0.1) is 0 Å². The normalized spacial score (nSPS) is 10.7. The summed E-state index contributed by atoms with van der Waals surface area (Å²) in [5, 5.41) is 15.4. The van der Waals surface area contributed by atoms with Crippen LogP contribution >= 0.6 is 15.9 Å². The Labute approximate surface area is 97.3 Å². The van der Waals surface area contributed by atoms with Crippen molar-refractivity contribution in [1.82, 2.24) is 5.01 Å². The fraction of sp³-hybridized carbons (Fsp3) is 0.300. The molecule has 1 rings (SSSR count). The van der Waals surface area contributed by atoms with Crippen molar-refractivity contribution in [2.24, 2.45) is 5.10 Å². The average molecular weight is 273 g/mol. The molecule has 0 radical (unpaired) electrons. The fourth-order valence-electron chi connectivity index (χ4n) is 1.00. The third-order valence-electron chi connectivity index (χ3n) is 1.76. The smallest absolute Gasteiger partial charge is 0.172 e. The van der Waals surface area contributed by atoms with Gasteiger partial charge in [0, 0.05) is 19.7 Å². The molecule has 0 spiro atoms. The van der Waals surface area contributed by atoms with Gasteiger partial charge in [0.25, 0.3) is 0 Å². The maximum absolute atomic E-state index is 9.70. The van der Waals surface area contributed by atoms with Crippen LogP contribution in [-0.4, -0.2) is 37.5 Å². The van der Waals surface area contributed by atoms with Crippen LogP contribution in [0.2, 0.25) is 0 Å². The number of methoxy groups -OCH3 is 1. The molecule has 0 unspecified atom stereocenters. The number of benzene rings is 1. The first-order chi connectivity index (χ1) is 7.06. The topological polar surface area (TPSA) is 45.1 Å². The number of hydrogen-bond acceptors (Lipinski definition) is 4. The van der Waals surface area contributed by atoms with Crippen molar-refractivity contribution < 1.29 is 9.84 Å². The summed E-state index contributed by atoms with van der Waals surface area (Å²) in [6.45, 7) is 0. The molecule has 1 N–H and O–H groups in total. The zero-order valence-electron chi connectivity index (χ0n) is 8.86. The lowest BCUT2D eigenvalue weighted by Crippen LogP contribution is -2.02. The lowest BCUT2D eigenvalue weighted by atomic mass is 10.2. The van der Waals surface area contributed by atoms with Gasteiger partial charge in [-0.05, 0) is 28.1 Å². The highest BCUT2D eigenvalue weighted by Crippen LogP contribution is 2.35. The lowest BCUT2D eigenvalue weighted by Gasteiger charge is -2.08. The van der Waals surface area contributed by atoms with Crippen molar-refractivity contribution in [2.45, 2.75) is 0 Å². The van der Waals surface area contributed by atoms with Gasteiger partial charge in [-0.3, -0.25) is 0 Å². The summed E-state index contributed by atoms with van der Waals surface area (Å²) in [4.78, 5) is 0. The van der Waals surface area contributed by atoms with E-state index < -0.39 is 0 Å². The SMILES string of the molecule is COc1ccc(/C=N/N(C)C)c(Br)c1O. The minimum absolute atomic E-state index is 0.0835. The summed E-state index contributed by atoms with van der Waals surface area (Å²) < 4.78 is 5.55. The Morgan fingerprint density at radius 3 is 2.67 bits per heavy atom. The van der Waals surface area contributed by atoms with Gasteiger partial charge in [-0.2, -0.15) is 5.10 Å². The van der Waals surface area contributed by atoms with Gasteiger partial charge in [0.2, 0.25) is 0 Å². The second-order valence-corrected chi connectivity index (χ2v) is 3.90. The van der Waals surface area contributed by atoms with Crippen LogP contribution < -0.4 is 4.74 Å². The molecule has 4 nitrogen and oxygen atoms in total. The van der Waals surface area contributed by atoms with Crippen LogP contribution in [0.1, 0.15) is 5.56 Å². The number of aromatic hydroxyl groups is 1. The summed E-state index contributed by atoms with van der Waals surface area (Å²) in [6.07, 6.45) is 1.66. The number of phenols is 1. The third-order valence-corrected chi connectivity index (χ3v) is 2.59.